The third kappa shape index (κ3) is 5.28. The summed E-state index contributed by atoms with van der Waals surface area (Å²) < 4.78 is 27.4. The molecule has 1 saturated heterocycles. The van der Waals surface area contributed by atoms with E-state index in [-0.39, 0.29) is 23.1 Å². The Balaban J connectivity index is 0.00000256. The van der Waals surface area contributed by atoms with E-state index >= 15 is 0 Å². The van der Waals surface area contributed by atoms with Crippen LogP contribution in [0.1, 0.15) is 28.8 Å². The maximum absolute atomic E-state index is 12.7. The first kappa shape index (κ1) is 22.9. The van der Waals surface area contributed by atoms with Gasteiger partial charge in [0.05, 0.1) is 10.9 Å². The molecule has 0 saturated carbocycles. The zero-order chi connectivity index (χ0) is 20.3. The molecule has 1 atom stereocenters. The highest BCUT2D eigenvalue weighted by molar-refractivity contribution is 7.89. The van der Waals surface area contributed by atoms with Gasteiger partial charge in [-0.1, -0.05) is 42.5 Å². The van der Waals surface area contributed by atoms with Gasteiger partial charge in [0.1, 0.15) is 0 Å². The molecule has 2 aliphatic heterocycles. The first-order chi connectivity index (χ1) is 14.0. The average Bonchev–Trinajstić information content (AvgIpc) is 2.74. The van der Waals surface area contributed by atoms with E-state index in [1.165, 1.54) is 11.6 Å². The Kier molecular flexibility index (Phi) is 7.65. The number of rotatable bonds is 6. The number of fused-ring (bicyclic) bond motifs is 1. The number of sulfonamides is 1. The Bertz CT molecular complexity index is 961. The van der Waals surface area contributed by atoms with Gasteiger partial charge in [0.25, 0.3) is 0 Å². The highest BCUT2D eigenvalue weighted by Gasteiger charge is 2.35. The minimum Gasteiger partial charge on any atom is -0.301 e. The fourth-order valence-corrected chi connectivity index (χ4v) is 5.56. The lowest BCUT2D eigenvalue weighted by Crippen LogP contribution is -2.47. The van der Waals surface area contributed by atoms with Gasteiger partial charge in [0.2, 0.25) is 10.0 Å². The Morgan fingerprint density at radius 1 is 0.900 bits per heavy atom. The second-order valence-electron chi connectivity index (χ2n) is 7.78. The van der Waals surface area contributed by atoms with E-state index in [1.54, 1.807) is 18.2 Å². The zero-order valence-corrected chi connectivity index (χ0v) is 18.5. The number of hydrogen-bond donors (Lipinski definition) is 1. The predicted octanol–water partition coefficient (Wildman–Crippen LogP) is 2.55. The van der Waals surface area contributed by atoms with Crippen LogP contribution in [0.25, 0.3) is 0 Å². The van der Waals surface area contributed by atoms with E-state index < -0.39 is 16.1 Å². The maximum Gasteiger partial charge on any atom is 0.241 e. The lowest BCUT2D eigenvalue weighted by atomic mass is 10.0. The van der Waals surface area contributed by atoms with E-state index in [0.717, 1.165) is 45.7 Å². The molecule has 1 fully saturated rings. The number of halogens is 1. The molecule has 30 heavy (non-hydrogen) atoms. The number of carbonyl (C=O) groups excluding carboxylic acids is 1. The van der Waals surface area contributed by atoms with Crippen LogP contribution in [0.15, 0.2) is 59.5 Å². The van der Waals surface area contributed by atoms with Crippen LogP contribution in [0.5, 0.6) is 0 Å². The van der Waals surface area contributed by atoms with Gasteiger partial charge in [0, 0.05) is 38.3 Å². The highest BCUT2D eigenvalue weighted by atomic mass is 35.5. The summed E-state index contributed by atoms with van der Waals surface area (Å²) in [7, 11) is -3.61. The van der Waals surface area contributed by atoms with Crippen molar-refractivity contribution in [3.8, 4) is 0 Å². The Hall–Kier alpha value is -1.77. The zero-order valence-electron chi connectivity index (χ0n) is 16.9. The van der Waals surface area contributed by atoms with Crippen LogP contribution in [0.3, 0.4) is 0 Å². The average molecular weight is 450 g/mol. The summed E-state index contributed by atoms with van der Waals surface area (Å²) in [5.74, 6) is -0.122. The quantitative estimate of drug-likeness (QED) is 0.733. The monoisotopic (exact) mass is 449 g/mol. The second-order valence-corrected chi connectivity index (χ2v) is 9.46. The Morgan fingerprint density at radius 3 is 2.27 bits per heavy atom. The normalized spacial score (nSPS) is 21.6. The van der Waals surface area contributed by atoms with Gasteiger partial charge in [-0.2, -0.15) is 0 Å². The molecule has 4 rings (SSSR count). The number of carbonyl (C=O) groups is 1. The molecular formula is C22H28ClN3O3S. The smallest absolute Gasteiger partial charge is 0.241 e. The number of benzene rings is 2. The van der Waals surface area contributed by atoms with Crippen LogP contribution >= 0.6 is 12.4 Å². The molecule has 0 aromatic heterocycles. The molecule has 2 aromatic carbocycles. The first-order valence-electron chi connectivity index (χ1n) is 10.2. The van der Waals surface area contributed by atoms with Crippen LogP contribution < -0.4 is 4.72 Å². The van der Waals surface area contributed by atoms with Crippen molar-refractivity contribution in [3.05, 3.63) is 65.7 Å². The van der Waals surface area contributed by atoms with E-state index in [2.05, 4.69) is 38.8 Å². The molecule has 0 spiro atoms. The molecule has 0 radical (unpaired) electrons. The van der Waals surface area contributed by atoms with Crippen molar-refractivity contribution in [2.75, 3.05) is 32.7 Å². The fourth-order valence-electron chi connectivity index (χ4n) is 4.12. The predicted molar refractivity (Wildman–Crippen MR) is 120 cm³/mol. The van der Waals surface area contributed by atoms with E-state index in [9.17, 15) is 13.2 Å². The highest BCUT2D eigenvalue weighted by Crippen LogP contribution is 2.24. The first-order valence-corrected chi connectivity index (χ1v) is 11.7. The molecule has 6 nitrogen and oxygen atoms in total. The fraction of sp³-hybridized carbons (Fsp3) is 0.409. The van der Waals surface area contributed by atoms with Crippen LogP contribution in [0, 0.1) is 0 Å². The molecule has 8 heteroatoms. The van der Waals surface area contributed by atoms with Gasteiger partial charge < -0.3 is 4.90 Å². The van der Waals surface area contributed by atoms with Gasteiger partial charge >= 0.3 is 0 Å². The summed E-state index contributed by atoms with van der Waals surface area (Å²) in [6.45, 7) is 5.91. The largest absolute Gasteiger partial charge is 0.301 e. The molecule has 0 aliphatic carbocycles. The molecule has 2 aromatic rings. The van der Waals surface area contributed by atoms with Crippen molar-refractivity contribution >= 4 is 28.2 Å². The molecule has 1 unspecified atom stereocenters. The number of nitrogens with one attached hydrogen (secondary N) is 1. The molecule has 1 N–H and O–H groups in total. The standard InChI is InChI=1S/C22H27N3O3S.ClH/c26-22-19-9-4-5-11-21(19)29(27,28)23-20(22)10-6-12-24-13-15-25(16-14-24)17-18-7-2-1-3-8-18;/h1-5,7-9,11,20,23H,6,10,12-17H2;1H. The number of nitrogens with zero attached hydrogens (tertiary/aromatic N) is 2. The molecule has 0 amide bonds. The molecular weight excluding hydrogens is 422 g/mol. The summed E-state index contributed by atoms with van der Waals surface area (Å²) in [5.41, 5.74) is 1.65. The van der Waals surface area contributed by atoms with Crippen molar-refractivity contribution in [1.82, 2.24) is 14.5 Å². The van der Waals surface area contributed by atoms with Crippen molar-refractivity contribution in [2.45, 2.75) is 30.3 Å². The summed E-state index contributed by atoms with van der Waals surface area (Å²) >= 11 is 0. The Morgan fingerprint density at radius 2 is 1.53 bits per heavy atom. The van der Waals surface area contributed by atoms with E-state index in [4.69, 9.17) is 0 Å². The van der Waals surface area contributed by atoms with Crippen LogP contribution in [-0.4, -0.2) is 62.8 Å². The maximum atomic E-state index is 12.7. The lowest BCUT2D eigenvalue weighted by molar-refractivity contribution is 0.0932. The minimum absolute atomic E-state index is 0. The number of Topliss-reactive ketones (excluding diaryl/α,β-unsaturated/α-hetero) is 1. The minimum atomic E-state index is -3.61. The van der Waals surface area contributed by atoms with Crippen LogP contribution in [0.4, 0.5) is 0 Å². The van der Waals surface area contributed by atoms with Crippen molar-refractivity contribution in [1.29, 1.82) is 0 Å². The number of piperazine rings is 1. The number of hydrogen-bond acceptors (Lipinski definition) is 5. The summed E-state index contributed by atoms with van der Waals surface area (Å²) in [6.07, 6.45) is 1.32. The second kappa shape index (κ2) is 10.0. The topological polar surface area (TPSA) is 69.7 Å². The molecule has 2 aliphatic rings. The van der Waals surface area contributed by atoms with Gasteiger partial charge in [0.15, 0.2) is 5.78 Å². The summed E-state index contributed by atoms with van der Waals surface area (Å²) in [5, 5.41) is 0. The Labute approximate surface area is 184 Å². The third-order valence-electron chi connectivity index (χ3n) is 5.74. The van der Waals surface area contributed by atoms with E-state index in [0.29, 0.717) is 12.0 Å². The van der Waals surface area contributed by atoms with Crippen molar-refractivity contribution in [2.24, 2.45) is 0 Å². The van der Waals surface area contributed by atoms with Crippen molar-refractivity contribution < 1.29 is 13.2 Å². The number of ketones is 1. The van der Waals surface area contributed by atoms with Gasteiger partial charge in [-0.15, -0.1) is 12.4 Å². The summed E-state index contributed by atoms with van der Waals surface area (Å²) in [6, 6.07) is 16.3. The molecule has 2 heterocycles. The van der Waals surface area contributed by atoms with E-state index in [1.807, 2.05) is 6.07 Å². The van der Waals surface area contributed by atoms with Crippen molar-refractivity contribution in [3.63, 3.8) is 0 Å². The summed E-state index contributed by atoms with van der Waals surface area (Å²) in [4.78, 5) is 17.6. The SMILES string of the molecule is Cl.O=C1c2ccccc2S(=O)(=O)NC1CCCN1CCN(Cc2ccccc2)CC1. The third-order valence-corrected chi connectivity index (χ3v) is 7.27. The van der Waals surface area contributed by atoms with Gasteiger partial charge in [-0.3, -0.25) is 9.69 Å². The molecule has 162 valence electrons. The molecule has 0 bridgehead atoms. The van der Waals surface area contributed by atoms with Crippen LogP contribution in [-0.2, 0) is 16.6 Å². The van der Waals surface area contributed by atoms with Gasteiger partial charge in [-0.05, 0) is 37.1 Å². The lowest BCUT2D eigenvalue weighted by Gasteiger charge is -2.35. The van der Waals surface area contributed by atoms with Gasteiger partial charge in [-0.25, -0.2) is 13.1 Å². The van der Waals surface area contributed by atoms with Crippen LogP contribution in [0.2, 0.25) is 0 Å².